The monoisotopic (exact) mass is 344 g/mol. The second-order valence-electron chi connectivity index (χ2n) is 5.86. The average Bonchev–Trinajstić information content (AvgIpc) is 2.62. The van der Waals surface area contributed by atoms with Crippen LogP contribution in [0.4, 0.5) is 11.4 Å². The van der Waals surface area contributed by atoms with E-state index in [0.29, 0.717) is 10.8 Å². The van der Waals surface area contributed by atoms with E-state index in [1.165, 1.54) is 24.9 Å². The zero-order valence-corrected chi connectivity index (χ0v) is 14.3. The van der Waals surface area contributed by atoms with Gasteiger partial charge in [0.2, 0.25) is 0 Å². The Hall–Kier alpha value is -2.20. The van der Waals surface area contributed by atoms with E-state index in [-0.39, 0.29) is 12.5 Å². The lowest BCUT2D eigenvalue weighted by Crippen LogP contribution is -2.29. The molecule has 1 saturated heterocycles. The maximum absolute atomic E-state index is 12.0. The van der Waals surface area contributed by atoms with Gasteiger partial charge in [0.05, 0.1) is 5.02 Å². The SMILES string of the molecule is O=C(COc1ccccc1Cl)Nc1ccc(N2CCCCC2)cc1. The lowest BCUT2D eigenvalue weighted by Gasteiger charge is -2.28. The molecule has 0 radical (unpaired) electrons. The predicted molar refractivity (Wildman–Crippen MR) is 98.1 cm³/mol. The summed E-state index contributed by atoms with van der Waals surface area (Å²) in [6.07, 6.45) is 3.81. The maximum atomic E-state index is 12.0. The molecule has 0 bridgehead atoms. The molecule has 4 nitrogen and oxygen atoms in total. The topological polar surface area (TPSA) is 41.6 Å². The number of benzene rings is 2. The van der Waals surface area contributed by atoms with Crippen molar-refractivity contribution in [3.8, 4) is 5.75 Å². The Labute approximate surface area is 147 Å². The molecule has 0 spiro atoms. The summed E-state index contributed by atoms with van der Waals surface area (Å²) in [6.45, 7) is 2.15. The van der Waals surface area contributed by atoms with Crippen LogP contribution in [0.15, 0.2) is 48.5 Å². The molecular formula is C19H21ClN2O2. The Morgan fingerprint density at radius 1 is 1.04 bits per heavy atom. The molecule has 1 amide bonds. The highest BCUT2D eigenvalue weighted by atomic mass is 35.5. The number of halogens is 1. The summed E-state index contributed by atoms with van der Waals surface area (Å²) in [4.78, 5) is 14.4. The minimum atomic E-state index is -0.208. The summed E-state index contributed by atoms with van der Waals surface area (Å²) in [7, 11) is 0. The molecule has 0 unspecified atom stereocenters. The molecule has 0 aliphatic carbocycles. The van der Waals surface area contributed by atoms with Crippen LogP contribution >= 0.6 is 11.6 Å². The summed E-state index contributed by atoms with van der Waals surface area (Å²) < 4.78 is 5.44. The first-order valence-corrected chi connectivity index (χ1v) is 8.62. The van der Waals surface area contributed by atoms with E-state index in [2.05, 4.69) is 22.3 Å². The van der Waals surface area contributed by atoms with E-state index in [1.807, 2.05) is 24.3 Å². The quantitative estimate of drug-likeness (QED) is 0.876. The number of anilines is 2. The number of ether oxygens (including phenoxy) is 1. The molecule has 1 aliphatic rings. The molecule has 1 fully saturated rings. The molecule has 126 valence electrons. The molecule has 0 atom stereocenters. The predicted octanol–water partition coefficient (Wildman–Crippen LogP) is 4.35. The molecule has 5 heteroatoms. The number of rotatable bonds is 5. The van der Waals surface area contributed by atoms with Crippen LogP contribution in [0, 0.1) is 0 Å². The number of carbonyl (C=O) groups excluding carboxylic acids is 1. The van der Waals surface area contributed by atoms with Crippen LogP contribution in [-0.2, 0) is 4.79 Å². The van der Waals surface area contributed by atoms with Crippen molar-refractivity contribution in [1.29, 1.82) is 0 Å². The van der Waals surface area contributed by atoms with E-state index in [1.54, 1.807) is 12.1 Å². The maximum Gasteiger partial charge on any atom is 0.262 e. The first-order chi connectivity index (χ1) is 11.7. The second kappa shape index (κ2) is 8.06. The zero-order valence-electron chi connectivity index (χ0n) is 13.5. The molecule has 3 rings (SSSR count). The Morgan fingerprint density at radius 3 is 2.46 bits per heavy atom. The Bertz CT molecular complexity index is 682. The lowest BCUT2D eigenvalue weighted by atomic mass is 10.1. The smallest absolute Gasteiger partial charge is 0.262 e. The molecular weight excluding hydrogens is 324 g/mol. The molecule has 0 saturated carbocycles. The Balaban J connectivity index is 1.52. The highest BCUT2D eigenvalue weighted by Gasteiger charge is 2.11. The van der Waals surface area contributed by atoms with Crippen LogP contribution < -0.4 is 15.0 Å². The molecule has 1 aliphatic heterocycles. The van der Waals surface area contributed by atoms with Gasteiger partial charge in [0.15, 0.2) is 6.61 Å². The third-order valence-corrected chi connectivity index (χ3v) is 4.38. The van der Waals surface area contributed by atoms with E-state index < -0.39 is 0 Å². The van der Waals surface area contributed by atoms with Gasteiger partial charge < -0.3 is 15.0 Å². The number of piperidine rings is 1. The van der Waals surface area contributed by atoms with Gasteiger partial charge in [0.1, 0.15) is 5.75 Å². The van der Waals surface area contributed by atoms with Crippen molar-refractivity contribution < 1.29 is 9.53 Å². The van der Waals surface area contributed by atoms with Crippen LogP contribution in [0.3, 0.4) is 0 Å². The molecule has 2 aromatic rings. The van der Waals surface area contributed by atoms with Gasteiger partial charge in [-0.2, -0.15) is 0 Å². The van der Waals surface area contributed by atoms with Gasteiger partial charge in [0, 0.05) is 24.5 Å². The van der Waals surface area contributed by atoms with Crippen molar-refractivity contribution in [2.75, 3.05) is 29.9 Å². The lowest BCUT2D eigenvalue weighted by molar-refractivity contribution is -0.118. The average molecular weight is 345 g/mol. The minimum Gasteiger partial charge on any atom is -0.482 e. The van der Waals surface area contributed by atoms with Gasteiger partial charge in [-0.1, -0.05) is 23.7 Å². The molecule has 1 N–H and O–H groups in total. The fourth-order valence-corrected chi connectivity index (χ4v) is 3.00. The summed E-state index contributed by atoms with van der Waals surface area (Å²) >= 11 is 6.00. The third kappa shape index (κ3) is 4.42. The van der Waals surface area contributed by atoms with E-state index in [4.69, 9.17) is 16.3 Å². The minimum absolute atomic E-state index is 0.0718. The third-order valence-electron chi connectivity index (χ3n) is 4.07. The molecule has 0 aromatic heterocycles. The summed E-state index contributed by atoms with van der Waals surface area (Å²) in [5.41, 5.74) is 1.98. The van der Waals surface area contributed by atoms with Gasteiger partial charge in [-0.05, 0) is 55.7 Å². The fourth-order valence-electron chi connectivity index (χ4n) is 2.81. The number of hydrogen-bond acceptors (Lipinski definition) is 3. The zero-order chi connectivity index (χ0) is 16.8. The van der Waals surface area contributed by atoms with Crippen molar-refractivity contribution >= 4 is 28.9 Å². The molecule has 24 heavy (non-hydrogen) atoms. The normalized spacial score (nSPS) is 14.3. The molecule has 1 heterocycles. The van der Waals surface area contributed by atoms with Crippen molar-refractivity contribution in [1.82, 2.24) is 0 Å². The van der Waals surface area contributed by atoms with Gasteiger partial charge in [-0.25, -0.2) is 0 Å². The van der Waals surface area contributed by atoms with Crippen LogP contribution in [-0.4, -0.2) is 25.6 Å². The Morgan fingerprint density at radius 2 is 1.75 bits per heavy atom. The van der Waals surface area contributed by atoms with Crippen LogP contribution in [0.1, 0.15) is 19.3 Å². The standard InChI is InChI=1S/C19H21ClN2O2/c20-17-6-2-3-7-18(17)24-14-19(23)21-15-8-10-16(11-9-15)22-12-4-1-5-13-22/h2-3,6-11H,1,4-5,12-14H2,(H,21,23). The summed E-state index contributed by atoms with van der Waals surface area (Å²) in [5, 5.41) is 3.33. The van der Waals surface area contributed by atoms with Gasteiger partial charge in [-0.3, -0.25) is 4.79 Å². The summed E-state index contributed by atoms with van der Waals surface area (Å²) in [5.74, 6) is 0.301. The van der Waals surface area contributed by atoms with Crippen molar-refractivity contribution in [2.24, 2.45) is 0 Å². The van der Waals surface area contributed by atoms with E-state index in [0.717, 1.165) is 18.8 Å². The highest BCUT2D eigenvalue weighted by molar-refractivity contribution is 6.32. The first kappa shape index (κ1) is 16.7. The van der Waals surface area contributed by atoms with Gasteiger partial charge in [-0.15, -0.1) is 0 Å². The van der Waals surface area contributed by atoms with Gasteiger partial charge in [0.25, 0.3) is 5.91 Å². The number of nitrogens with one attached hydrogen (secondary N) is 1. The van der Waals surface area contributed by atoms with E-state index in [9.17, 15) is 4.79 Å². The van der Waals surface area contributed by atoms with Crippen LogP contribution in [0.5, 0.6) is 5.75 Å². The number of carbonyl (C=O) groups is 1. The highest BCUT2D eigenvalue weighted by Crippen LogP contribution is 2.23. The van der Waals surface area contributed by atoms with E-state index >= 15 is 0 Å². The Kier molecular flexibility index (Phi) is 5.59. The van der Waals surface area contributed by atoms with Crippen molar-refractivity contribution in [2.45, 2.75) is 19.3 Å². The second-order valence-corrected chi connectivity index (χ2v) is 6.27. The first-order valence-electron chi connectivity index (χ1n) is 8.24. The van der Waals surface area contributed by atoms with Crippen molar-refractivity contribution in [3.63, 3.8) is 0 Å². The van der Waals surface area contributed by atoms with Gasteiger partial charge >= 0.3 is 0 Å². The van der Waals surface area contributed by atoms with Crippen molar-refractivity contribution in [3.05, 3.63) is 53.6 Å². The fraction of sp³-hybridized carbons (Fsp3) is 0.316. The number of nitrogens with zero attached hydrogens (tertiary/aromatic N) is 1. The number of amides is 1. The summed E-state index contributed by atoms with van der Waals surface area (Å²) in [6, 6.07) is 15.1. The molecule has 2 aromatic carbocycles. The van der Waals surface area contributed by atoms with Crippen LogP contribution in [0.25, 0.3) is 0 Å². The largest absolute Gasteiger partial charge is 0.482 e. The number of hydrogen-bond donors (Lipinski definition) is 1. The van der Waals surface area contributed by atoms with Crippen LogP contribution in [0.2, 0.25) is 5.02 Å². The number of para-hydroxylation sites is 1.